The number of nitrogens with zero attached hydrogens (tertiary/aromatic N) is 2. The molecule has 3 aromatic rings. The van der Waals surface area contributed by atoms with Crippen molar-refractivity contribution in [3.05, 3.63) is 53.1 Å². The van der Waals surface area contributed by atoms with Crippen LogP contribution in [0.1, 0.15) is 5.56 Å². The Bertz CT molecular complexity index is 920. The van der Waals surface area contributed by atoms with E-state index in [-0.39, 0.29) is 5.91 Å². The van der Waals surface area contributed by atoms with Crippen molar-refractivity contribution >= 4 is 39.1 Å². The van der Waals surface area contributed by atoms with E-state index in [4.69, 9.17) is 16.3 Å². The van der Waals surface area contributed by atoms with Crippen LogP contribution in [0.25, 0.3) is 10.2 Å². The zero-order chi connectivity index (χ0) is 17.9. The Balaban J connectivity index is 1.41. The lowest BCUT2D eigenvalue weighted by Crippen LogP contribution is -2.46. The Morgan fingerprint density at radius 3 is 2.73 bits per heavy atom. The van der Waals surface area contributed by atoms with E-state index in [0.717, 1.165) is 42.0 Å². The summed E-state index contributed by atoms with van der Waals surface area (Å²) in [5.41, 5.74) is 1.85. The predicted octanol–water partition coefficient (Wildman–Crippen LogP) is 3.72. The fourth-order valence-corrected chi connectivity index (χ4v) is 4.01. The molecule has 0 aliphatic carbocycles. The Kier molecular flexibility index (Phi) is 5.06. The number of piperazine rings is 1. The maximum absolute atomic E-state index is 12.3. The van der Waals surface area contributed by atoms with Crippen LogP contribution in [0, 0.1) is 0 Å². The van der Waals surface area contributed by atoms with Crippen LogP contribution in [0.2, 0.25) is 5.02 Å². The van der Waals surface area contributed by atoms with Crippen molar-refractivity contribution in [3.8, 4) is 10.9 Å². The smallest absolute Gasteiger partial charge is 0.279 e. The van der Waals surface area contributed by atoms with Gasteiger partial charge in [-0.2, -0.15) is 0 Å². The largest absolute Gasteiger partial charge is 0.431 e. The highest BCUT2D eigenvalue weighted by Gasteiger charge is 2.16. The summed E-state index contributed by atoms with van der Waals surface area (Å²) in [7, 11) is 0. The molecular weight excluding hydrogens is 370 g/mol. The highest BCUT2D eigenvalue weighted by atomic mass is 35.5. The monoisotopic (exact) mass is 387 g/mol. The van der Waals surface area contributed by atoms with Crippen LogP contribution < -0.4 is 10.1 Å². The van der Waals surface area contributed by atoms with E-state index in [1.807, 2.05) is 47.4 Å². The molecule has 1 amide bonds. The van der Waals surface area contributed by atoms with Gasteiger partial charge in [0.15, 0.2) is 0 Å². The molecule has 2 aromatic carbocycles. The first kappa shape index (κ1) is 17.3. The summed E-state index contributed by atoms with van der Waals surface area (Å²) in [6.45, 7) is 3.29. The second kappa shape index (κ2) is 7.61. The number of hydrogen-bond donors (Lipinski definition) is 1. The second-order valence-electron chi connectivity index (χ2n) is 6.15. The van der Waals surface area contributed by atoms with E-state index in [1.165, 1.54) is 11.3 Å². The molecule has 0 unspecified atom stereocenters. The second-order valence-corrected chi connectivity index (χ2v) is 7.58. The zero-order valence-corrected chi connectivity index (χ0v) is 15.6. The minimum absolute atomic E-state index is 0.170. The number of nitrogens with one attached hydrogen (secondary N) is 1. The fraction of sp³-hybridized carbons (Fsp3) is 0.263. The number of amides is 1. The highest BCUT2D eigenvalue weighted by Crippen LogP contribution is 2.32. The first-order valence-corrected chi connectivity index (χ1v) is 9.68. The fourth-order valence-electron chi connectivity index (χ4n) is 2.90. The molecule has 26 heavy (non-hydrogen) atoms. The number of halogens is 1. The highest BCUT2D eigenvalue weighted by molar-refractivity contribution is 7.20. The van der Waals surface area contributed by atoms with Gasteiger partial charge in [0.05, 0.1) is 16.6 Å². The van der Waals surface area contributed by atoms with Gasteiger partial charge in [-0.15, -0.1) is 0 Å². The Morgan fingerprint density at radius 2 is 1.96 bits per heavy atom. The minimum atomic E-state index is 0.170. The average Bonchev–Trinajstić information content (AvgIpc) is 3.05. The van der Waals surface area contributed by atoms with Gasteiger partial charge < -0.3 is 15.0 Å². The minimum Gasteiger partial charge on any atom is -0.431 e. The Hall–Kier alpha value is -2.15. The first-order chi connectivity index (χ1) is 12.7. The number of thiazole rings is 1. The molecule has 0 spiro atoms. The van der Waals surface area contributed by atoms with Crippen LogP contribution >= 0.6 is 22.9 Å². The van der Waals surface area contributed by atoms with E-state index < -0.39 is 0 Å². The van der Waals surface area contributed by atoms with Crippen molar-refractivity contribution in [3.63, 3.8) is 0 Å². The Morgan fingerprint density at radius 1 is 1.19 bits per heavy atom. The van der Waals surface area contributed by atoms with Crippen LogP contribution in [0.4, 0.5) is 0 Å². The van der Waals surface area contributed by atoms with Crippen LogP contribution in [0.3, 0.4) is 0 Å². The molecule has 0 atom stereocenters. The number of ether oxygens (including phenoxy) is 1. The van der Waals surface area contributed by atoms with Crippen LogP contribution in [0.5, 0.6) is 10.9 Å². The maximum Gasteiger partial charge on any atom is 0.279 e. The van der Waals surface area contributed by atoms with Gasteiger partial charge in [-0.1, -0.05) is 35.1 Å². The van der Waals surface area contributed by atoms with Gasteiger partial charge in [0.25, 0.3) is 5.19 Å². The summed E-state index contributed by atoms with van der Waals surface area (Å²) in [6.07, 6.45) is 0.417. The van der Waals surface area contributed by atoms with E-state index in [1.54, 1.807) is 0 Å². The summed E-state index contributed by atoms with van der Waals surface area (Å²) in [4.78, 5) is 18.7. The van der Waals surface area contributed by atoms with Crippen molar-refractivity contribution in [2.24, 2.45) is 0 Å². The molecule has 1 aromatic heterocycles. The molecule has 5 nitrogen and oxygen atoms in total. The molecule has 1 N–H and O–H groups in total. The lowest BCUT2D eigenvalue weighted by molar-refractivity contribution is -0.131. The number of benzene rings is 2. The molecule has 7 heteroatoms. The van der Waals surface area contributed by atoms with Gasteiger partial charge in [0.2, 0.25) is 5.91 Å². The molecule has 0 bridgehead atoms. The SMILES string of the molecule is O=C(Cc1ccc(Oc2nc3ccc(Cl)cc3s2)cc1)N1CCNCC1. The summed E-state index contributed by atoms with van der Waals surface area (Å²) in [5.74, 6) is 0.872. The number of fused-ring (bicyclic) bond motifs is 1. The number of aromatic nitrogens is 1. The van der Waals surface area contributed by atoms with Crippen molar-refractivity contribution in [1.82, 2.24) is 15.2 Å². The molecule has 0 saturated carbocycles. The lowest BCUT2D eigenvalue weighted by atomic mass is 10.1. The molecule has 134 valence electrons. The molecular formula is C19H18ClN3O2S. The molecule has 2 heterocycles. The van der Waals surface area contributed by atoms with Gasteiger partial charge in [-0.3, -0.25) is 4.79 Å². The van der Waals surface area contributed by atoms with Crippen LogP contribution in [0.15, 0.2) is 42.5 Å². The maximum atomic E-state index is 12.3. The van der Waals surface area contributed by atoms with Crippen molar-refractivity contribution in [2.75, 3.05) is 26.2 Å². The van der Waals surface area contributed by atoms with E-state index in [2.05, 4.69) is 10.3 Å². The molecule has 4 rings (SSSR count). The molecule has 1 fully saturated rings. The van der Waals surface area contributed by atoms with Crippen LogP contribution in [-0.2, 0) is 11.2 Å². The quantitative estimate of drug-likeness (QED) is 0.741. The molecule has 0 radical (unpaired) electrons. The van der Waals surface area contributed by atoms with E-state index in [9.17, 15) is 4.79 Å². The molecule has 1 aliphatic heterocycles. The third-order valence-electron chi connectivity index (χ3n) is 4.28. The number of rotatable bonds is 4. The summed E-state index contributed by atoms with van der Waals surface area (Å²) >= 11 is 7.46. The first-order valence-electron chi connectivity index (χ1n) is 8.49. The standard InChI is InChI=1S/C19H18ClN3O2S/c20-14-3-6-16-17(12-14)26-19(22-16)25-15-4-1-13(2-5-15)11-18(24)23-9-7-21-8-10-23/h1-6,12,21H,7-11H2. The van der Waals surface area contributed by atoms with Gasteiger partial charge >= 0.3 is 0 Å². The number of hydrogen-bond acceptors (Lipinski definition) is 5. The van der Waals surface area contributed by atoms with Gasteiger partial charge in [-0.25, -0.2) is 4.98 Å². The summed E-state index contributed by atoms with van der Waals surface area (Å²) in [6, 6.07) is 13.2. The lowest BCUT2D eigenvalue weighted by Gasteiger charge is -2.27. The van der Waals surface area contributed by atoms with Crippen molar-refractivity contribution in [1.29, 1.82) is 0 Å². The zero-order valence-electron chi connectivity index (χ0n) is 14.1. The molecule has 1 saturated heterocycles. The Labute approximate surface area is 160 Å². The predicted molar refractivity (Wildman–Crippen MR) is 104 cm³/mol. The van der Waals surface area contributed by atoms with Crippen molar-refractivity contribution < 1.29 is 9.53 Å². The topological polar surface area (TPSA) is 54.5 Å². The third-order valence-corrected chi connectivity index (χ3v) is 5.42. The summed E-state index contributed by atoms with van der Waals surface area (Å²) < 4.78 is 6.83. The van der Waals surface area contributed by atoms with E-state index in [0.29, 0.717) is 22.4 Å². The average molecular weight is 388 g/mol. The van der Waals surface area contributed by atoms with Gasteiger partial charge in [0.1, 0.15) is 5.75 Å². The normalized spacial score (nSPS) is 14.6. The molecule has 1 aliphatic rings. The number of carbonyl (C=O) groups is 1. The van der Waals surface area contributed by atoms with Gasteiger partial charge in [-0.05, 0) is 35.9 Å². The number of carbonyl (C=O) groups excluding carboxylic acids is 1. The third kappa shape index (κ3) is 3.98. The van der Waals surface area contributed by atoms with Gasteiger partial charge in [0, 0.05) is 31.2 Å². The van der Waals surface area contributed by atoms with Crippen molar-refractivity contribution in [2.45, 2.75) is 6.42 Å². The summed E-state index contributed by atoms with van der Waals surface area (Å²) in [5, 5.41) is 4.52. The van der Waals surface area contributed by atoms with E-state index >= 15 is 0 Å². The van der Waals surface area contributed by atoms with Crippen LogP contribution in [-0.4, -0.2) is 42.0 Å².